The zero-order valence-corrected chi connectivity index (χ0v) is 23.8. The van der Waals surface area contributed by atoms with Gasteiger partial charge in [0.25, 0.3) is 5.88 Å². The first-order valence-electron chi connectivity index (χ1n) is 13.2. The molecular weight excluding hydrogens is 546 g/mol. The van der Waals surface area contributed by atoms with Crippen molar-refractivity contribution in [1.29, 1.82) is 5.26 Å². The van der Waals surface area contributed by atoms with Crippen LogP contribution in [-0.2, 0) is 14.6 Å². The van der Waals surface area contributed by atoms with Gasteiger partial charge in [0.2, 0.25) is 5.91 Å². The van der Waals surface area contributed by atoms with Gasteiger partial charge in [0.05, 0.1) is 17.5 Å². The van der Waals surface area contributed by atoms with E-state index in [0.717, 1.165) is 19.1 Å². The molecule has 5 heterocycles. The number of anilines is 4. The molecule has 6 rings (SSSR count). The monoisotopic (exact) mass is 575 g/mol. The molecule has 13 heteroatoms. The van der Waals surface area contributed by atoms with Crippen molar-refractivity contribution in [3.63, 3.8) is 0 Å². The number of nitrogens with zero attached hydrogens (tertiary/aromatic N) is 5. The summed E-state index contributed by atoms with van der Waals surface area (Å²) in [5, 5.41) is 15.5. The maximum atomic E-state index is 12.6. The number of ether oxygens (including phenoxy) is 2. The SMILES string of the molecule is CC(=O)Nc1cc(Nc2cc(N3C4CC4C[C@@H]3C#N)cc(S(C)(=O)=O)n2)c(-c2ccc3c(n2)OCC(C)(C)O3)cn1. The van der Waals surface area contributed by atoms with E-state index in [1.807, 2.05) is 18.7 Å². The number of piperidine rings is 1. The fraction of sp³-hybridized carbons (Fsp3) is 0.393. The van der Waals surface area contributed by atoms with E-state index >= 15 is 0 Å². The Morgan fingerprint density at radius 1 is 1.17 bits per heavy atom. The molecular formula is C28H29N7O5S. The molecule has 3 aromatic rings. The van der Waals surface area contributed by atoms with E-state index in [4.69, 9.17) is 9.47 Å². The molecule has 1 saturated carbocycles. The third kappa shape index (κ3) is 5.35. The van der Waals surface area contributed by atoms with Crippen molar-refractivity contribution in [2.45, 2.75) is 56.3 Å². The maximum Gasteiger partial charge on any atom is 0.257 e. The van der Waals surface area contributed by atoms with Gasteiger partial charge >= 0.3 is 0 Å². The van der Waals surface area contributed by atoms with E-state index in [1.165, 1.54) is 13.0 Å². The highest BCUT2D eigenvalue weighted by Crippen LogP contribution is 2.50. The summed E-state index contributed by atoms with van der Waals surface area (Å²) in [6.07, 6.45) is 4.38. The molecule has 12 nitrogen and oxygen atoms in total. The number of carbonyl (C=O) groups is 1. The number of rotatable bonds is 6. The van der Waals surface area contributed by atoms with Gasteiger partial charge in [-0.3, -0.25) is 4.79 Å². The molecule has 41 heavy (non-hydrogen) atoms. The van der Waals surface area contributed by atoms with Crippen LogP contribution in [0.2, 0.25) is 0 Å². The molecule has 0 spiro atoms. The lowest BCUT2D eigenvalue weighted by Gasteiger charge is -2.31. The fourth-order valence-corrected chi connectivity index (χ4v) is 5.91. The average molecular weight is 576 g/mol. The second-order valence-corrected chi connectivity index (χ2v) is 13.2. The number of hydrogen-bond acceptors (Lipinski definition) is 11. The van der Waals surface area contributed by atoms with Crippen molar-refractivity contribution < 1.29 is 22.7 Å². The third-order valence-electron chi connectivity index (χ3n) is 7.23. The molecule has 1 amide bonds. The molecule has 212 valence electrons. The average Bonchev–Trinajstić information content (AvgIpc) is 3.56. The van der Waals surface area contributed by atoms with Gasteiger partial charge in [0.1, 0.15) is 29.9 Å². The number of nitriles is 1. The molecule has 2 aliphatic heterocycles. The van der Waals surface area contributed by atoms with E-state index < -0.39 is 15.4 Å². The van der Waals surface area contributed by atoms with Gasteiger partial charge in [-0.1, -0.05) is 0 Å². The molecule has 2 fully saturated rings. The van der Waals surface area contributed by atoms with Crippen LogP contribution in [0.25, 0.3) is 11.3 Å². The molecule has 2 unspecified atom stereocenters. The summed E-state index contributed by atoms with van der Waals surface area (Å²) >= 11 is 0. The number of fused-ring (bicyclic) bond motifs is 2. The minimum atomic E-state index is -3.68. The molecule has 3 atom stereocenters. The van der Waals surface area contributed by atoms with E-state index in [1.54, 1.807) is 30.5 Å². The number of aromatic nitrogens is 3. The van der Waals surface area contributed by atoms with Crippen LogP contribution in [0.5, 0.6) is 11.6 Å². The van der Waals surface area contributed by atoms with E-state index in [0.29, 0.717) is 46.8 Å². The van der Waals surface area contributed by atoms with E-state index in [-0.39, 0.29) is 34.7 Å². The Bertz CT molecular complexity index is 1720. The summed E-state index contributed by atoms with van der Waals surface area (Å²) in [5.74, 6) is 1.53. The highest BCUT2D eigenvalue weighted by Gasteiger charge is 2.52. The summed E-state index contributed by atoms with van der Waals surface area (Å²) < 4.78 is 37.1. The topological polar surface area (TPSA) is 159 Å². The predicted molar refractivity (Wildman–Crippen MR) is 151 cm³/mol. The predicted octanol–water partition coefficient (Wildman–Crippen LogP) is 3.68. The molecule has 3 aromatic heterocycles. The van der Waals surface area contributed by atoms with Crippen molar-refractivity contribution in [2.24, 2.45) is 5.92 Å². The summed E-state index contributed by atoms with van der Waals surface area (Å²) in [5.41, 5.74) is 1.67. The van der Waals surface area contributed by atoms with Crippen molar-refractivity contribution in [1.82, 2.24) is 15.0 Å². The quantitative estimate of drug-likeness (QED) is 0.441. The third-order valence-corrected chi connectivity index (χ3v) is 8.20. The first kappa shape index (κ1) is 26.8. The Labute approximate surface area is 237 Å². The zero-order chi connectivity index (χ0) is 29.1. The van der Waals surface area contributed by atoms with Crippen LogP contribution in [0.15, 0.2) is 41.6 Å². The minimum absolute atomic E-state index is 0.115. The van der Waals surface area contributed by atoms with Crippen LogP contribution in [0, 0.1) is 17.2 Å². The lowest BCUT2D eigenvalue weighted by Crippen LogP contribution is -2.39. The Morgan fingerprint density at radius 2 is 1.98 bits per heavy atom. The lowest BCUT2D eigenvalue weighted by atomic mass is 10.1. The maximum absolute atomic E-state index is 12.6. The second-order valence-electron chi connectivity index (χ2n) is 11.2. The summed E-state index contributed by atoms with van der Waals surface area (Å²) in [6, 6.07) is 10.6. The second kappa shape index (κ2) is 9.59. The molecule has 1 aliphatic carbocycles. The van der Waals surface area contributed by atoms with E-state index in [9.17, 15) is 18.5 Å². The fourth-order valence-electron chi connectivity index (χ4n) is 5.32. The van der Waals surface area contributed by atoms with Gasteiger partial charge in [-0.05, 0) is 50.8 Å². The molecule has 0 aromatic carbocycles. The molecule has 0 radical (unpaired) electrons. The smallest absolute Gasteiger partial charge is 0.257 e. The Morgan fingerprint density at radius 3 is 2.71 bits per heavy atom. The van der Waals surface area contributed by atoms with Crippen LogP contribution in [0.3, 0.4) is 0 Å². The summed E-state index contributed by atoms with van der Waals surface area (Å²) in [4.78, 5) is 27.2. The normalized spacial score (nSPS) is 21.9. The van der Waals surface area contributed by atoms with Crippen LogP contribution in [0.4, 0.5) is 23.0 Å². The molecule has 3 aliphatic rings. The van der Waals surface area contributed by atoms with Crippen molar-refractivity contribution >= 4 is 38.8 Å². The van der Waals surface area contributed by atoms with Crippen LogP contribution < -0.4 is 25.0 Å². The first-order chi connectivity index (χ1) is 19.4. The highest BCUT2D eigenvalue weighted by molar-refractivity contribution is 7.90. The standard InChI is InChI=1S/C28H29N7O5S/c1-15(36)31-24-11-21(19(13-30-24)20-5-6-23-27(33-20)39-14-28(2,3)40-23)32-25-9-17(10-26(34-25)41(4,37)38)35-18(12-29)7-16-8-22(16)35/h5-6,9-11,13,16,18,22H,7-8,14H2,1-4H3,(H2,30,31,32,34,36)/t16?,18-,22?/m1/s1. The Hall–Kier alpha value is -4.44. The zero-order valence-electron chi connectivity index (χ0n) is 23.0. The lowest BCUT2D eigenvalue weighted by molar-refractivity contribution is -0.114. The molecule has 0 bridgehead atoms. The van der Waals surface area contributed by atoms with Crippen molar-refractivity contribution in [3.05, 3.63) is 36.5 Å². The number of sulfone groups is 1. The Balaban J connectivity index is 1.43. The van der Waals surface area contributed by atoms with Gasteiger partial charge in [0.15, 0.2) is 20.6 Å². The van der Waals surface area contributed by atoms with Gasteiger partial charge in [0, 0.05) is 48.8 Å². The first-order valence-corrected chi connectivity index (χ1v) is 15.1. The van der Waals surface area contributed by atoms with Gasteiger partial charge < -0.3 is 25.0 Å². The van der Waals surface area contributed by atoms with Crippen LogP contribution in [-0.4, -0.2) is 59.8 Å². The van der Waals surface area contributed by atoms with Crippen LogP contribution >= 0.6 is 0 Å². The number of hydrogen-bond donors (Lipinski definition) is 2. The van der Waals surface area contributed by atoms with Gasteiger partial charge in [-0.2, -0.15) is 5.26 Å². The van der Waals surface area contributed by atoms with Crippen molar-refractivity contribution in [3.8, 4) is 29.0 Å². The molecule has 2 N–H and O–H groups in total. The number of amides is 1. The van der Waals surface area contributed by atoms with Crippen molar-refractivity contribution in [2.75, 3.05) is 28.4 Å². The van der Waals surface area contributed by atoms with Crippen LogP contribution in [0.1, 0.15) is 33.6 Å². The van der Waals surface area contributed by atoms with Gasteiger partial charge in [-0.25, -0.2) is 23.4 Å². The highest BCUT2D eigenvalue weighted by atomic mass is 32.2. The largest absolute Gasteiger partial charge is 0.479 e. The number of pyridine rings is 3. The Kier molecular flexibility index (Phi) is 6.26. The minimum Gasteiger partial charge on any atom is -0.479 e. The molecule has 1 saturated heterocycles. The van der Waals surface area contributed by atoms with Gasteiger partial charge in [-0.15, -0.1) is 0 Å². The van der Waals surface area contributed by atoms with E-state index in [2.05, 4.69) is 31.7 Å². The number of nitrogens with one attached hydrogen (secondary N) is 2. The summed E-state index contributed by atoms with van der Waals surface area (Å²) in [6.45, 7) is 5.55. The summed E-state index contributed by atoms with van der Waals surface area (Å²) in [7, 11) is -3.68. The number of carbonyl (C=O) groups excluding carboxylic acids is 1.